The molecule has 0 aliphatic rings. The normalized spacial score (nSPS) is 12.4. The van der Waals surface area contributed by atoms with Crippen LogP contribution in [0.5, 0.6) is 5.75 Å². The summed E-state index contributed by atoms with van der Waals surface area (Å²) >= 11 is 3.49. The maximum absolute atomic E-state index is 5.66. The van der Waals surface area contributed by atoms with Crippen LogP contribution in [0.2, 0.25) is 0 Å². The molecule has 0 spiro atoms. The first-order valence-electron chi connectivity index (χ1n) is 6.93. The van der Waals surface area contributed by atoms with E-state index in [4.69, 9.17) is 9.47 Å². The Hall–Kier alpha value is -0.580. The summed E-state index contributed by atoms with van der Waals surface area (Å²) in [5.41, 5.74) is 1.22. The lowest BCUT2D eigenvalue weighted by Crippen LogP contribution is -2.90. The maximum atomic E-state index is 5.66. The third-order valence-corrected chi connectivity index (χ3v) is 3.67. The van der Waals surface area contributed by atoms with Crippen molar-refractivity contribution in [3.05, 3.63) is 28.2 Å². The van der Waals surface area contributed by atoms with Gasteiger partial charge in [0.1, 0.15) is 12.4 Å². The highest BCUT2D eigenvalue weighted by Crippen LogP contribution is 2.25. The first-order valence-corrected chi connectivity index (χ1v) is 7.72. The summed E-state index contributed by atoms with van der Waals surface area (Å²) in [6.45, 7) is 9.52. The van der Waals surface area contributed by atoms with Crippen LogP contribution >= 0.6 is 15.9 Å². The highest BCUT2D eigenvalue weighted by Gasteiger charge is 2.02. The first kappa shape index (κ1) is 16.5. The Morgan fingerprint density at radius 1 is 1.26 bits per heavy atom. The molecule has 0 amide bonds. The lowest BCUT2D eigenvalue weighted by molar-refractivity contribution is -0.687. The van der Waals surface area contributed by atoms with Crippen molar-refractivity contribution < 1.29 is 14.8 Å². The van der Waals surface area contributed by atoms with Crippen LogP contribution < -0.4 is 10.1 Å². The Morgan fingerprint density at radius 2 is 2.05 bits per heavy atom. The van der Waals surface area contributed by atoms with Crippen LogP contribution in [-0.4, -0.2) is 32.4 Å². The topological polar surface area (TPSA) is 35.1 Å². The van der Waals surface area contributed by atoms with E-state index in [1.807, 2.05) is 12.1 Å². The summed E-state index contributed by atoms with van der Waals surface area (Å²) in [6, 6.07) is 6.76. The summed E-state index contributed by atoms with van der Waals surface area (Å²) < 4.78 is 12.2. The zero-order valence-electron chi connectivity index (χ0n) is 12.1. The molecule has 1 aromatic carbocycles. The van der Waals surface area contributed by atoms with Gasteiger partial charge in [0, 0.05) is 0 Å². The van der Waals surface area contributed by atoms with Gasteiger partial charge in [-0.15, -0.1) is 0 Å². The first-order chi connectivity index (χ1) is 9.13. The fourth-order valence-corrected chi connectivity index (χ4v) is 2.25. The van der Waals surface area contributed by atoms with Gasteiger partial charge < -0.3 is 14.8 Å². The van der Waals surface area contributed by atoms with Crippen LogP contribution in [0, 0.1) is 6.92 Å². The quantitative estimate of drug-likeness (QED) is 0.706. The molecule has 0 heterocycles. The minimum Gasteiger partial charge on any atom is -0.490 e. The molecule has 0 saturated carbocycles. The van der Waals surface area contributed by atoms with Crippen molar-refractivity contribution in [2.45, 2.75) is 33.2 Å². The molecule has 0 saturated heterocycles. The number of benzene rings is 1. The fourth-order valence-electron chi connectivity index (χ4n) is 1.64. The van der Waals surface area contributed by atoms with Gasteiger partial charge in [0.2, 0.25) is 0 Å². The van der Waals surface area contributed by atoms with Gasteiger partial charge in [-0.25, -0.2) is 0 Å². The van der Waals surface area contributed by atoms with E-state index in [1.165, 1.54) is 12.0 Å². The van der Waals surface area contributed by atoms with Gasteiger partial charge in [0.05, 0.1) is 30.3 Å². The summed E-state index contributed by atoms with van der Waals surface area (Å²) in [4.78, 5) is 0. The van der Waals surface area contributed by atoms with E-state index >= 15 is 0 Å². The predicted octanol–water partition coefficient (Wildman–Crippen LogP) is 2.51. The second-order valence-corrected chi connectivity index (χ2v) is 5.66. The Bertz CT molecular complexity index is 371. The molecule has 2 N–H and O–H groups in total. The van der Waals surface area contributed by atoms with Crippen LogP contribution in [0.3, 0.4) is 0 Å². The molecule has 0 fully saturated rings. The molecule has 0 unspecified atom stereocenters. The van der Waals surface area contributed by atoms with E-state index in [0.29, 0.717) is 19.3 Å². The molecule has 0 aliphatic heterocycles. The van der Waals surface area contributed by atoms with Gasteiger partial charge in [-0.2, -0.15) is 0 Å². The van der Waals surface area contributed by atoms with Crippen molar-refractivity contribution in [1.29, 1.82) is 0 Å². The highest BCUT2D eigenvalue weighted by molar-refractivity contribution is 9.10. The zero-order valence-corrected chi connectivity index (χ0v) is 13.7. The largest absolute Gasteiger partial charge is 0.490 e. The minimum atomic E-state index is 0.588. The smallest absolute Gasteiger partial charge is 0.133 e. The molecule has 3 nitrogen and oxygen atoms in total. The molecular formula is C15H25BrNO2+. The number of rotatable bonds is 9. The Balaban J connectivity index is 2.07. The minimum absolute atomic E-state index is 0.588. The number of nitrogens with two attached hydrogens (primary N) is 1. The molecule has 1 atom stereocenters. The molecule has 19 heavy (non-hydrogen) atoms. The standard InChI is InChI=1S/C15H24BrNO2/c1-4-13(3)17-7-8-18-9-10-19-15-6-5-12(2)11-14(15)16/h5-6,11,13,17H,4,7-10H2,1-3H3/p+1/t13-/m1/s1. The number of hydrogen-bond acceptors (Lipinski definition) is 2. The number of halogens is 1. The SMILES string of the molecule is CC[C@@H](C)[NH2+]CCOCCOc1ccc(C)cc1Br. The van der Waals surface area contributed by atoms with Crippen LogP contribution in [0.25, 0.3) is 0 Å². The van der Waals surface area contributed by atoms with Crippen LogP contribution in [0.4, 0.5) is 0 Å². The van der Waals surface area contributed by atoms with Gasteiger partial charge in [0.15, 0.2) is 0 Å². The van der Waals surface area contributed by atoms with Crippen molar-refractivity contribution in [2.24, 2.45) is 0 Å². The second kappa shape index (κ2) is 9.34. The van der Waals surface area contributed by atoms with Crippen molar-refractivity contribution in [2.75, 3.05) is 26.4 Å². The van der Waals surface area contributed by atoms with E-state index in [1.54, 1.807) is 0 Å². The van der Waals surface area contributed by atoms with Crippen molar-refractivity contribution in [3.8, 4) is 5.75 Å². The number of hydrogen-bond donors (Lipinski definition) is 1. The molecular weight excluding hydrogens is 306 g/mol. The van der Waals surface area contributed by atoms with Gasteiger partial charge in [-0.1, -0.05) is 13.0 Å². The second-order valence-electron chi connectivity index (χ2n) is 4.80. The average molecular weight is 331 g/mol. The van der Waals surface area contributed by atoms with E-state index < -0.39 is 0 Å². The molecule has 0 bridgehead atoms. The van der Waals surface area contributed by atoms with Crippen molar-refractivity contribution in [1.82, 2.24) is 0 Å². The molecule has 108 valence electrons. The van der Waals surface area contributed by atoms with Gasteiger partial charge >= 0.3 is 0 Å². The van der Waals surface area contributed by atoms with Crippen molar-refractivity contribution in [3.63, 3.8) is 0 Å². The monoisotopic (exact) mass is 330 g/mol. The predicted molar refractivity (Wildman–Crippen MR) is 81.7 cm³/mol. The zero-order chi connectivity index (χ0) is 14.1. The van der Waals surface area contributed by atoms with Crippen LogP contribution in [-0.2, 0) is 4.74 Å². The summed E-state index contributed by atoms with van der Waals surface area (Å²) in [5, 5.41) is 2.32. The number of ether oxygens (including phenoxy) is 2. The summed E-state index contributed by atoms with van der Waals surface area (Å²) in [5.74, 6) is 0.875. The Labute approximate surface area is 124 Å². The molecule has 0 radical (unpaired) electrons. The summed E-state index contributed by atoms with van der Waals surface area (Å²) in [6.07, 6.45) is 1.20. The number of aryl methyl sites for hydroxylation is 1. The summed E-state index contributed by atoms with van der Waals surface area (Å²) in [7, 11) is 0. The van der Waals surface area contributed by atoms with Gasteiger partial charge in [0.25, 0.3) is 0 Å². The van der Waals surface area contributed by atoms with Crippen LogP contribution in [0.15, 0.2) is 22.7 Å². The molecule has 1 rings (SSSR count). The molecule has 4 heteroatoms. The lowest BCUT2D eigenvalue weighted by atomic mass is 10.2. The van der Waals surface area contributed by atoms with Crippen LogP contribution in [0.1, 0.15) is 25.8 Å². The van der Waals surface area contributed by atoms with Gasteiger partial charge in [-0.05, 0) is 53.9 Å². The molecule has 0 aromatic heterocycles. The van der Waals surface area contributed by atoms with E-state index in [2.05, 4.69) is 48.1 Å². The third-order valence-electron chi connectivity index (χ3n) is 3.05. The Kier molecular flexibility index (Phi) is 8.10. The van der Waals surface area contributed by atoms with Gasteiger partial charge in [-0.3, -0.25) is 0 Å². The van der Waals surface area contributed by atoms with Crippen molar-refractivity contribution >= 4 is 15.9 Å². The highest BCUT2D eigenvalue weighted by atomic mass is 79.9. The average Bonchev–Trinajstić information content (AvgIpc) is 2.39. The molecule has 0 aliphatic carbocycles. The van der Waals surface area contributed by atoms with E-state index in [0.717, 1.165) is 23.4 Å². The third kappa shape index (κ3) is 6.95. The van der Waals surface area contributed by atoms with E-state index in [9.17, 15) is 0 Å². The number of quaternary nitrogens is 1. The van der Waals surface area contributed by atoms with E-state index in [-0.39, 0.29) is 0 Å². The fraction of sp³-hybridized carbons (Fsp3) is 0.600. The Morgan fingerprint density at radius 3 is 2.74 bits per heavy atom. The lowest BCUT2D eigenvalue weighted by Gasteiger charge is -2.10. The molecule has 1 aromatic rings. The maximum Gasteiger partial charge on any atom is 0.133 e.